The summed E-state index contributed by atoms with van der Waals surface area (Å²) < 4.78 is 5.18. The Morgan fingerprint density at radius 3 is 2.85 bits per heavy atom. The molecule has 0 heterocycles. The molecule has 0 atom stereocenters. The van der Waals surface area contributed by atoms with Gasteiger partial charge in [0.05, 0.1) is 13.2 Å². The monoisotopic (exact) mass is 183 g/mol. The zero-order valence-electron chi connectivity index (χ0n) is 7.49. The summed E-state index contributed by atoms with van der Waals surface area (Å²) in [5, 5.41) is 9.34. The molecule has 1 aromatic rings. The SMILES string of the molecule is CCOc1cc(CON)ccc1O. The molecular formula is C9H13NO3. The summed E-state index contributed by atoms with van der Waals surface area (Å²) in [6.45, 7) is 2.67. The number of hydrogen-bond acceptors (Lipinski definition) is 4. The molecule has 72 valence electrons. The third-order valence-electron chi connectivity index (χ3n) is 1.57. The van der Waals surface area contributed by atoms with Crippen LogP contribution in [0.4, 0.5) is 0 Å². The Balaban J connectivity index is 2.83. The molecule has 13 heavy (non-hydrogen) atoms. The molecule has 0 amide bonds. The van der Waals surface area contributed by atoms with Crippen molar-refractivity contribution in [3.63, 3.8) is 0 Å². The molecule has 4 nitrogen and oxygen atoms in total. The minimum Gasteiger partial charge on any atom is -0.504 e. The zero-order chi connectivity index (χ0) is 9.68. The highest BCUT2D eigenvalue weighted by Gasteiger charge is 2.02. The summed E-state index contributed by atoms with van der Waals surface area (Å²) >= 11 is 0. The van der Waals surface area contributed by atoms with E-state index in [-0.39, 0.29) is 5.75 Å². The van der Waals surface area contributed by atoms with E-state index in [2.05, 4.69) is 4.84 Å². The molecule has 0 spiro atoms. The molecule has 1 rings (SSSR count). The van der Waals surface area contributed by atoms with Crippen molar-refractivity contribution in [2.75, 3.05) is 6.61 Å². The predicted octanol–water partition coefficient (Wildman–Crippen LogP) is 1.18. The maximum Gasteiger partial charge on any atom is 0.161 e. The fourth-order valence-corrected chi connectivity index (χ4v) is 1.02. The number of nitrogens with two attached hydrogens (primary N) is 1. The number of phenolic OH excluding ortho intramolecular Hbond substituents is 1. The van der Waals surface area contributed by atoms with Gasteiger partial charge in [-0.05, 0) is 24.6 Å². The Hall–Kier alpha value is -1.26. The lowest BCUT2D eigenvalue weighted by Crippen LogP contribution is -1.99. The van der Waals surface area contributed by atoms with Crippen LogP contribution < -0.4 is 10.6 Å². The van der Waals surface area contributed by atoms with Crippen molar-refractivity contribution in [1.29, 1.82) is 0 Å². The van der Waals surface area contributed by atoms with Gasteiger partial charge in [-0.25, -0.2) is 5.90 Å². The highest BCUT2D eigenvalue weighted by atomic mass is 16.6. The van der Waals surface area contributed by atoms with E-state index in [0.29, 0.717) is 19.0 Å². The van der Waals surface area contributed by atoms with E-state index < -0.39 is 0 Å². The van der Waals surface area contributed by atoms with Gasteiger partial charge in [-0.15, -0.1) is 0 Å². The van der Waals surface area contributed by atoms with Crippen LogP contribution in [0.5, 0.6) is 11.5 Å². The van der Waals surface area contributed by atoms with E-state index in [4.69, 9.17) is 10.6 Å². The van der Waals surface area contributed by atoms with Crippen LogP contribution >= 0.6 is 0 Å². The average molecular weight is 183 g/mol. The topological polar surface area (TPSA) is 64.7 Å². The summed E-state index contributed by atoms with van der Waals surface area (Å²) in [6, 6.07) is 4.98. The van der Waals surface area contributed by atoms with Crippen LogP contribution in [0.25, 0.3) is 0 Å². The van der Waals surface area contributed by atoms with E-state index >= 15 is 0 Å². The number of rotatable bonds is 4. The normalized spacial score (nSPS) is 10.0. The van der Waals surface area contributed by atoms with Crippen molar-refractivity contribution in [2.45, 2.75) is 13.5 Å². The van der Waals surface area contributed by atoms with Gasteiger partial charge in [0.2, 0.25) is 0 Å². The molecule has 4 heteroatoms. The van der Waals surface area contributed by atoms with E-state index in [1.54, 1.807) is 18.2 Å². The van der Waals surface area contributed by atoms with Crippen LogP contribution in [0.2, 0.25) is 0 Å². The number of aromatic hydroxyl groups is 1. The van der Waals surface area contributed by atoms with Gasteiger partial charge >= 0.3 is 0 Å². The number of phenols is 1. The molecule has 0 saturated heterocycles. The number of hydrogen-bond donors (Lipinski definition) is 2. The lowest BCUT2D eigenvalue weighted by atomic mass is 10.2. The van der Waals surface area contributed by atoms with Gasteiger partial charge in [0.15, 0.2) is 11.5 Å². The van der Waals surface area contributed by atoms with Crippen LogP contribution in [0.1, 0.15) is 12.5 Å². The van der Waals surface area contributed by atoms with Crippen LogP contribution in [0.15, 0.2) is 18.2 Å². The van der Waals surface area contributed by atoms with Crippen molar-refractivity contribution >= 4 is 0 Å². The van der Waals surface area contributed by atoms with Gasteiger partial charge in [0.25, 0.3) is 0 Å². The Bertz CT molecular complexity index is 276. The smallest absolute Gasteiger partial charge is 0.161 e. The molecule has 0 saturated carbocycles. The van der Waals surface area contributed by atoms with Crippen molar-refractivity contribution in [2.24, 2.45) is 5.90 Å². The average Bonchev–Trinajstić information content (AvgIpc) is 2.12. The highest BCUT2D eigenvalue weighted by Crippen LogP contribution is 2.26. The van der Waals surface area contributed by atoms with E-state index in [9.17, 15) is 5.11 Å². The quantitative estimate of drug-likeness (QED) is 0.688. The molecule has 0 fully saturated rings. The second kappa shape index (κ2) is 4.69. The van der Waals surface area contributed by atoms with Crippen LogP contribution in [0.3, 0.4) is 0 Å². The first kappa shape index (κ1) is 9.83. The summed E-state index contributed by atoms with van der Waals surface area (Å²) in [6.07, 6.45) is 0. The van der Waals surface area contributed by atoms with Crippen molar-refractivity contribution < 1.29 is 14.7 Å². The molecule has 0 radical (unpaired) electrons. The van der Waals surface area contributed by atoms with Gasteiger partial charge in [0, 0.05) is 0 Å². The van der Waals surface area contributed by atoms with Gasteiger partial charge in [0.1, 0.15) is 0 Å². The predicted molar refractivity (Wildman–Crippen MR) is 48.3 cm³/mol. The standard InChI is InChI=1S/C9H13NO3/c1-2-12-9-5-7(6-13-10)3-4-8(9)11/h3-5,11H,2,6,10H2,1H3. The van der Waals surface area contributed by atoms with Gasteiger partial charge in [-0.2, -0.15) is 0 Å². The largest absolute Gasteiger partial charge is 0.504 e. The molecule has 1 aromatic carbocycles. The molecule has 0 bridgehead atoms. The first-order valence-electron chi connectivity index (χ1n) is 4.04. The van der Waals surface area contributed by atoms with E-state index in [1.165, 1.54) is 0 Å². The summed E-state index contributed by atoms with van der Waals surface area (Å²) in [7, 11) is 0. The van der Waals surface area contributed by atoms with Crippen molar-refractivity contribution in [1.82, 2.24) is 0 Å². The zero-order valence-corrected chi connectivity index (χ0v) is 7.49. The molecule has 0 aliphatic heterocycles. The maximum absolute atomic E-state index is 9.34. The Morgan fingerprint density at radius 1 is 1.46 bits per heavy atom. The Kier molecular flexibility index (Phi) is 3.54. The van der Waals surface area contributed by atoms with Gasteiger partial charge in [-0.1, -0.05) is 6.07 Å². The first-order valence-corrected chi connectivity index (χ1v) is 4.04. The second-order valence-corrected chi connectivity index (χ2v) is 2.55. The van der Waals surface area contributed by atoms with Crippen molar-refractivity contribution in [3.8, 4) is 11.5 Å². The van der Waals surface area contributed by atoms with Crippen LogP contribution in [-0.2, 0) is 11.4 Å². The summed E-state index contributed by atoms with van der Waals surface area (Å²) in [5.74, 6) is 5.50. The minimum atomic E-state index is 0.127. The molecular weight excluding hydrogens is 170 g/mol. The van der Waals surface area contributed by atoms with Gasteiger partial charge < -0.3 is 9.84 Å². The third kappa shape index (κ3) is 2.61. The van der Waals surface area contributed by atoms with Crippen LogP contribution in [0, 0.1) is 0 Å². The molecule has 0 unspecified atom stereocenters. The van der Waals surface area contributed by atoms with Crippen LogP contribution in [-0.4, -0.2) is 11.7 Å². The minimum absolute atomic E-state index is 0.127. The fraction of sp³-hybridized carbons (Fsp3) is 0.333. The molecule has 3 N–H and O–H groups in total. The molecule has 0 aromatic heterocycles. The van der Waals surface area contributed by atoms with E-state index in [0.717, 1.165) is 5.56 Å². The lowest BCUT2D eigenvalue weighted by Gasteiger charge is -2.07. The number of benzene rings is 1. The Morgan fingerprint density at radius 2 is 2.23 bits per heavy atom. The Labute approximate surface area is 76.8 Å². The first-order chi connectivity index (χ1) is 6.27. The maximum atomic E-state index is 9.34. The van der Waals surface area contributed by atoms with E-state index in [1.807, 2.05) is 6.92 Å². The highest BCUT2D eigenvalue weighted by molar-refractivity contribution is 5.41. The molecule has 0 aliphatic rings. The lowest BCUT2D eigenvalue weighted by molar-refractivity contribution is 0.124. The van der Waals surface area contributed by atoms with Gasteiger partial charge in [-0.3, -0.25) is 4.84 Å². The second-order valence-electron chi connectivity index (χ2n) is 2.55. The fourth-order valence-electron chi connectivity index (χ4n) is 1.02. The number of ether oxygens (including phenoxy) is 1. The summed E-state index contributed by atoms with van der Waals surface area (Å²) in [5.41, 5.74) is 0.865. The van der Waals surface area contributed by atoms with Crippen molar-refractivity contribution in [3.05, 3.63) is 23.8 Å². The summed E-state index contributed by atoms with van der Waals surface area (Å²) in [4.78, 5) is 4.46. The third-order valence-corrected chi connectivity index (χ3v) is 1.57. The molecule has 0 aliphatic carbocycles.